The van der Waals surface area contributed by atoms with Crippen molar-refractivity contribution in [3.63, 3.8) is 0 Å². The highest BCUT2D eigenvalue weighted by atomic mass is 16.3. The summed E-state index contributed by atoms with van der Waals surface area (Å²) < 4.78 is 0. The Kier molecular flexibility index (Phi) is 6.09. The van der Waals surface area contributed by atoms with E-state index in [1.165, 1.54) is 4.90 Å². The molecule has 0 radical (unpaired) electrons. The Bertz CT molecular complexity index is 1160. The molecule has 0 saturated carbocycles. The van der Waals surface area contributed by atoms with E-state index in [0.717, 1.165) is 10.9 Å². The standard InChI is InChI=1S/C23H22N4O3/c1-23(30,10-12-27(2)15-28)9-8-16-5-3-6-17(13-16)21-20-18(7-4-11-25-20)14-19(26-21)22(24)29/h3-7,11,13-15,30H,10,12H2,1-2H3,(H2,24,29). The fraction of sp³-hybridized carbons (Fsp3) is 0.217. The minimum Gasteiger partial charge on any atom is -0.378 e. The summed E-state index contributed by atoms with van der Waals surface area (Å²) in [5.41, 5.74) is 6.94. The van der Waals surface area contributed by atoms with E-state index < -0.39 is 11.5 Å². The summed E-state index contributed by atoms with van der Waals surface area (Å²) in [6, 6.07) is 12.6. The predicted octanol–water partition coefficient (Wildman–Crippen LogP) is 1.98. The van der Waals surface area contributed by atoms with Gasteiger partial charge in [0.25, 0.3) is 5.91 Å². The van der Waals surface area contributed by atoms with E-state index >= 15 is 0 Å². The number of benzene rings is 1. The molecule has 30 heavy (non-hydrogen) atoms. The van der Waals surface area contributed by atoms with Gasteiger partial charge in [-0.05, 0) is 31.2 Å². The Labute approximate surface area is 174 Å². The maximum atomic E-state index is 11.7. The number of aromatic nitrogens is 2. The quantitative estimate of drug-likeness (QED) is 0.484. The van der Waals surface area contributed by atoms with Crippen molar-refractivity contribution in [2.75, 3.05) is 13.6 Å². The van der Waals surface area contributed by atoms with Gasteiger partial charge in [-0.2, -0.15) is 0 Å². The van der Waals surface area contributed by atoms with E-state index in [1.807, 2.05) is 30.3 Å². The Morgan fingerprint density at radius 2 is 2.10 bits per heavy atom. The first-order valence-corrected chi connectivity index (χ1v) is 9.36. The maximum Gasteiger partial charge on any atom is 0.267 e. The predicted molar refractivity (Wildman–Crippen MR) is 114 cm³/mol. The van der Waals surface area contributed by atoms with Crippen LogP contribution in [0.5, 0.6) is 0 Å². The summed E-state index contributed by atoms with van der Waals surface area (Å²) in [5, 5.41) is 11.2. The van der Waals surface area contributed by atoms with E-state index in [9.17, 15) is 14.7 Å². The third-order valence-corrected chi connectivity index (χ3v) is 4.58. The monoisotopic (exact) mass is 402 g/mol. The van der Waals surface area contributed by atoms with E-state index in [0.29, 0.717) is 36.1 Å². The van der Waals surface area contributed by atoms with Gasteiger partial charge >= 0.3 is 0 Å². The largest absolute Gasteiger partial charge is 0.378 e. The van der Waals surface area contributed by atoms with Gasteiger partial charge in [-0.1, -0.05) is 30.0 Å². The Hall–Kier alpha value is -3.76. The summed E-state index contributed by atoms with van der Waals surface area (Å²) in [6.45, 7) is 2.00. The number of hydrogen-bond acceptors (Lipinski definition) is 5. The molecule has 3 aromatic rings. The second kappa shape index (κ2) is 8.72. The van der Waals surface area contributed by atoms with Crippen LogP contribution in [0, 0.1) is 11.8 Å². The van der Waals surface area contributed by atoms with Crippen LogP contribution in [0.15, 0.2) is 48.7 Å². The van der Waals surface area contributed by atoms with Crippen molar-refractivity contribution in [3.05, 3.63) is 59.9 Å². The highest BCUT2D eigenvalue weighted by Crippen LogP contribution is 2.26. The average molecular weight is 402 g/mol. The average Bonchev–Trinajstić information content (AvgIpc) is 2.75. The Balaban J connectivity index is 1.97. The smallest absolute Gasteiger partial charge is 0.267 e. The molecule has 0 saturated heterocycles. The topological polar surface area (TPSA) is 109 Å². The normalized spacial score (nSPS) is 12.5. The molecule has 1 atom stereocenters. The third-order valence-electron chi connectivity index (χ3n) is 4.58. The van der Waals surface area contributed by atoms with E-state index in [-0.39, 0.29) is 5.69 Å². The van der Waals surface area contributed by atoms with Crippen molar-refractivity contribution in [1.82, 2.24) is 14.9 Å². The van der Waals surface area contributed by atoms with Gasteiger partial charge in [0.2, 0.25) is 6.41 Å². The molecule has 0 aliphatic heterocycles. The van der Waals surface area contributed by atoms with Crippen molar-refractivity contribution < 1.29 is 14.7 Å². The fourth-order valence-corrected chi connectivity index (χ4v) is 2.87. The van der Waals surface area contributed by atoms with Crippen LogP contribution in [0.4, 0.5) is 0 Å². The second-order valence-electron chi connectivity index (χ2n) is 7.24. The van der Waals surface area contributed by atoms with Crippen molar-refractivity contribution in [2.45, 2.75) is 18.9 Å². The molecule has 7 nitrogen and oxygen atoms in total. The molecule has 1 aromatic carbocycles. The van der Waals surface area contributed by atoms with E-state index in [4.69, 9.17) is 5.73 Å². The molecule has 1 unspecified atom stereocenters. The molecule has 0 bridgehead atoms. The number of amides is 2. The van der Waals surface area contributed by atoms with E-state index in [1.54, 1.807) is 32.3 Å². The number of carbonyl (C=O) groups excluding carboxylic acids is 2. The first kappa shape index (κ1) is 21.0. The first-order valence-electron chi connectivity index (χ1n) is 9.36. The molecular weight excluding hydrogens is 380 g/mol. The van der Waals surface area contributed by atoms with Gasteiger partial charge in [-0.25, -0.2) is 4.98 Å². The molecule has 2 heterocycles. The molecule has 7 heteroatoms. The van der Waals surface area contributed by atoms with Crippen LogP contribution in [0.25, 0.3) is 22.2 Å². The van der Waals surface area contributed by atoms with E-state index in [2.05, 4.69) is 21.8 Å². The molecule has 0 aliphatic rings. The fourth-order valence-electron chi connectivity index (χ4n) is 2.87. The Morgan fingerprint density at radius 3 is 2.83 bits per heavy atom. The molecule has 3 N–H and O–H groups in total. The zero-order chi connectivity index (χ0) is 21.7. The first-order chi connectivity index (χ1) is 14.3. The van der Waals surface area contributed by atoms with Gasteiger partial charge in [-0.15, -0.1) is 0 Å². The lowest BCUT2D eigenvalue weighted by Gasteiger charge is -2.19. The van der Waals surface area contributed by atoms with Gasteiger partial charge in [-0.3, -0.25) is 14.6 Å². The highest BCUT2D eigenvalue weighted by Gasteiger charge is 2.17. The lowest BCUT2D eigenvalue weighted by atomic mass is 10.0. The van der Waals surface area contributed by atoms with Gasteiger partial charge in [0.15, 0.2) is 0 Å². The molecule has 152 valence electrons. The summed E-state index contributed by atoms with van der Waals surface area (Å²) in [6.07, 6.45) is 2.69. The van der Waals surface area contributed by atoms with Crippen LogP contribution in [0.3, 0.4) is 0 Å². The third kappa shape index (κ3) is 4.99. The minimum absolute atomic E-state index is 0.157. The van der Waals surface area contributed by atoms with Crippen LogP contribution >= 0.6 is 0 Å². The molecule has 0 fully saturated rings. The summed E-state index contributed by atoms with van der Waals surface area (Å²) in [7, 11) is 1.64. The number of fused-ring (bicyclic) bond motifs is 1. The zero-order valence-electron chi connectivity index (χ0n) is 16.8. The number of hydrogen-bond donors (Lipinski definition) is 2. The summed E-state index contributed by atoms with van der Waals surface area (Å²) in [5.74, 6) is 5.21. The van der Waals surface area contributed by atoms with Gasteiger partial charge in [0, 0.05) is 42.7 Å². The van der Waals surface area contributed by atoms with Crippen LogP contribution in [-0.4, -0.2) is 51.5 Å². The van der Waals surface area contributed by atoms with Crippen LogP contribution < -0.4 is 5.73 Å². The van der Waals surface area contributed by atoms with Crippen LogP contribution in [0.1, 0.15) is 29.4 Å². The van der Waals surface area contributed by atoms with Crippen LogP contribution in [0.2, 0.25) is 0 Å². The van der Waals surface area contributed by atoms with Gasteiger partial charge in [0.1, 0.15) is 11.3 Å². The number of primary amides is 1. The molecule has 3 rings (SSSR count). The van der Waals surface area contributed by atoms with Crippen molar-refractivity contribution in [3.8, 4) is 23.1 Å². The minimum atomic E-state index is -1.24. The number of pyridine rings is 2. The molecule has 0 aliphatic carbocycles. The zero-order valence-corrected chi connectivity index (χ0v) is 16.8. The lowest BCUT2D eigenvalue weighted by molar-refractivity contribution is -0.117. The SMILES string of the molecule is CN(C=O)CCC(C)(O)C#Cc1cccc(-c2nc(C(N)=O)cc3cccnc23)c1. The van der Waals surface area contributed by atoms with Crippen LogP contribution in [-0.2, 0) is 4.79 Å². The lowest BCUT2D eigenvalue weighted by Crippen LogP contribution is -2.29. The number of aliphatic hydroxyl groups is 1. The summed E-state index contributed by atoms with van der Waals surface area (Å²) >= 11 is 0. The number of carbonyl (C=O) groups is 2. The number of nitrogens with two attached hydrogens (primary N) is 1. The highest BCUT2D eigenvalue weighted by molar-refractivity contribution is 5.99. The molecule has 2 aromatic heterocycles. The van der Waals surface area contributed by atoms with Crippen molar-refractivity contribution in [1.29, 1.82) is 0 Å². The van der Waals surface area contributed by atoms with Crippen molar-refractivity contribution in [2.24, 2.45) is 5.73 Å². The Morgan fingerprint density at radius 1 is 1.30 bits per heavy atom. The molecular formula is C23H22N4O3. The second-order valence-corrected chi connectivity index (χ2v) is 7.24. The number of rotatable bonds is 6. The van der Waals surface area contributed by atoms with Gasteiger partial charge < -0.3 is 15.7 Å². The summed E-state index contributed by atoms with van der Waals surface area (Å²) in [4.78, 5) is 32.7. The van der Waals surface area contributed by atoms with Gasteiger partial charge in [0.05, 0.1) is 11.2 Å². The van der Waals surface area contributed by atoms with Crippen molar-refractivity contribution >= 4 is 23.2 Å². The molecule has 2 amide bonds. The maximum absolute atomic E-state index is 11.7. The number of nitrogens with zero attached hydrogens (tertiary/aromatic N) is 3. The molecule has 0 spiro atoms.